The molecule has 4 nitrogen and oxygen atoms in total. The van der Waals surface area contributed by atoms with Crippen LogP contribution in [-0.4, -0.2) is 40.9 Å². The highest BCUT2D eigenvalue weighted by Crippen LogP contribution is 2.37. The second kappa shape index (κ2) is 2.78. The Kier molecular flexibility index (Phi) is 1.96. The van der Waals surface area contributed by atoms with Crippen molar-refractivity contribution in [3.05, 3.63) is 11.6 Å². The lowest BCUT2D eigenvalue weighted by Crippen LogP contribution is -2.29. The first-order valence-corrected chi connectivity index (χ1v) is 4.38. The van der Waals surface area contributed by atoms with Crippen LogP contribution in [0.4, 0.5) is 0 Å². The number of hydrogen-bond donors (Lipinski definition) is 2. The van der Waals surface area contributed by atoms with Gasteiger partial charge >= 0.3 is 0 Å². The van der Waals surface area contributed by atoms with Crippen LogP contribution in [0.1, 0.15) is 13.8 Å². The zero-order valence-corrected chi connectivity index (χ0v) is 7.73. The molecule has 2 rings (SSSR count). The van der Waals surface area contributed by atoms with Gasteiger partial charge in [-0.15, -0.1) is 0 Å². The predicted molar refractivity (Wildman–Crippen MR) is 45.0 cm³/mol. The third-order valence-corrected chi connectivity index (χ3v) is 2.40. The summed E-state index contributed by atoms with van der Waals surface area (Å²) in [6.45, 7) is 3.51. The fourth-order valence-corrected chi connectivity index (χ4v) is 1.88. The molecule has 0 radical (unpaired) electrons. The van der Waals surface area contributed by atoms with Crippen molar-refractivity contribution in [1.82, 2.24) is 0 Å². The van der Waals surface area contributed by atoms with Crippen LogP contribution < -0.4 is 0 Å². The average molecular weight is 186 g/mol. The van der Waals surface area contributed by atoms with Crippen molar-refractivity contribution in [2.45, 2.75) is 37.9 Å². The molecular weight excluding hydrogens is 172 g/mol. The number of rotatable bonds is 1. The molecule has 2 aliphatic rings. The molecule has 4 heteroatoms. The van der Waals surface area contributed by atoms with Gasteiger partial charge in [-0.1, -0.05) is 0 Å². The van der Waals surface area contributed by atoms with E-state index in [2.05, 4.69) is 0 Å². The van der Waals surface area contributed by atoms with E-state index >= 15 is 0 Å². The fraction of sp³-hybridized carbons (Fsp3) is 0.778. The Labute approximate surface area is 76.8 Å². The van der Waals surface area contributed by atoms with Crippen molar-refractivity contribution in [1.29, 1.82) is 0 Å². The minimum Gasteiger partial charge on any atom is -0.392 e. The van der Waals surface area contributed by atoms with Crippen molar-refractivity contribution in [3.8, 4) is 0 Å². The molecule has 2 N–H and O–H groups in total. The molecule has 3 atom stereocenters. The molecule has 1 saturated heterocycles. The first-order valence-electron chi connectivity index (χ1n) is 4.38. The van der Waals surface area contributed by atoms with E-state index in [0.717, 1.165) is 0 Å². The van der Waals surface area contributed by atoms with Gasteiger partial charge in [0.1, 0.15) is 18.3 Å². The van der Waals surface area contributed by atoms with Crippen LogP contribution in [0.3, 0.4) is 0 Å². The van der Waals surface area contributed by atoms with E-state index in [-0.39, 0.29) is 18.8 Å². The summed E-state index contributed by atoms with van der Waals surface area (Å²) >= 11 is 0. The largest absolute Gasteiger partial charge is 0.392 e. The summed E-state index contributed by atoms with van der Waals surface area (Å²) in [5.41, 5.74) is 0.711. The lowest BCUT2D eigenvalue weighted by Gasteiger charge is -2.18. The maximum absolute atomic E-state index is 9.54. The summed E-state index contributed by atoms with van der Waals surface area (Å²) < 4.78 is 11.0. The molecule has 0 aromatic rings. The normalized spacial score (nSPS) is 41.8. The van der Waals surface area contributed by atoms with E-state index in [4.69, 9.17) is 14.6 Å². The second-order valence-corrected chi connectivity index (χ2v) is 3.91. The molecule has 0 saturated carbocycles. The number of fused-ring (bicyclic) bond motifs is 1. The highest BCUT2D eigenvalue weighted by Gasteiger charge is 2.49. The van der Waals surface area contributed by atoms with Gasteiger partial charge in [-0.05, 0) is 25.5 Å². The summed E-state index contributed by atoms with van der Waals surface area (Å²) in [6, 6.07) is 0. The van der Waals surface area contributed by atoms with Crippen molar-refractivity contribution in [2.24, 2.45) is 0 Å². The molecule has 13 heavy (non-hydrogen) atoms. The Morgan fingerprint density at radius 2 is 2.15 bits per heavy atom. The molecule has 0 amide bonds. The zero-order valence-electron chi connectivity index (χ0n) is 7.73. The van der Waals surface area contributed by atoms with Crippen LogP contribution in [-0.2, 0) is 9.47 Å². The molecule has 0 aromatic heterocycles. The monoisotopic (exact) mass is 186 g/mol. The van der Waals surface area contributed by atoms with Gasteiger partial charge in [0.15, 0.2) is 5.79 Å². The Morgan fingerprint density at radius 1 is 1.46 bits per heavy atom. The van der Waals surface area contributed by atoms with Crippen molar-refractivity contribution in [3.63, 3.8) is 0 Å². The summed E-state index contributed by atoms with van der Waals surface area (Å²) in [6.07, 6.45) is 0.311. The topological polar surface area (TPSA) is 58.9 Å². The Hall–Kier alpha value is -0.420. The Balaban J connectivity index is 2.19. The highest BCUT2D eigenvalue weighted by atomic mass is 16.8. The second-order valence-electron chi connectivity index (χ2n) is 3.91. The first kappa shape index (κ1) is 9.15. The average Bonchev–Trinajstić information content (AvgIpc) is 2.47. The fourth-order valence-electron chi connectivity index (χ4n) is 1.88. The van der Waals surface area contributed by atoms with Crippen LogP contribution in [0.25, 0.3) is 0 Å². The third-order valence-electron chi connectivity index (χ3n) is 2.40. The molecule has 0 aromatic carbocycles. The standard InChI is InChI=1S/C9H14O4/c1-9(2)12-7-5(4-10)3-6(11)8(7)13-9/h3,6-8,10-11H,4H2,1-2H3/t6-,7+,8-/m1/s1. The molecule has 1 aliphatic heterocycles. The van der Waals surface area contributed by atoms with Crippen molar-refractivity contribution in [2.75, 3.05) is 6.61 Å². The SMILES string of the molecule is CC1(C)O[C@@H]2[C@H](O)C=C(CO)[C@@H]2O1. The van der Waals surface area contributed by atoms with Gasteiger partial charge in [0, 0.05) is 0 Å². The summed E-state index contributed by atoms with van der Waals surface area (Å²) in [7, 11) is 0. The van der Waals surface area contributed by atoms with Gasteiger partial charge in [0.2, 0.25) is 0 Å². The maximum Gasteiger partial charge on any atom is 0.164 e. The minimum atomic E-state index is -0.662. The molecule has 0 bridgehead atoms. The van der Waals surface area contributed by atoms with E-state index in [1.807, 2.05) is 0 Å². The van der Waals surface area contributed by atoms with E-state index in [1.165, 1.54) is 0 Å². The molecule has 1 heterocycles. The third kappa shape index (κ3) is 1.40. The van der Waals surface area contributed by atoms with Crippen LogP contribution >= 0.6 is 0 Å². The van der Waals surface area contributed by atoms with Crippen LogP contribution in [0.2, 0.25) is 0 Å². The van der Waals surface area contributed by atoms with E-state index in [9.17, 15) is 5.11 Å². The molecule has 1 aliphatic carbocycles. The van der Waals surface area contributed by atoms with Crippen LogP contribution in [0.15, 0.2) is 11.6 Å². The lowest BCUT2D eigenvalue weighted by molar-refractivity contribution is -0.153. The van der Waals surface area contributed by atoms with Crippen LogP contribution in [0.5, 0.6) is 0 Å². The molecule has 74 valence electrons. The number of aliphatic hydroxyl groups excluding tert-OH is 2. The summed E-state index contributed by atoms with van der Waals surface area (Å²) in [4.78, 5) is 0. The molecule has 0 spiro atoms. The first-order chi connectivity index (χ1) is 6.03. The predicted octanol–water partition coefficient (Wildman–Crippen LogP) is -0.200. The van der Waals surface area contributed by atoms with Crippen molar-refractivity contribution >= 4 is 0 Å². The van der Waals surface area contributed by atoms with Gasteiger partial charge in [-0.3, -0.25) is 0 Å². The quantitative estimate of drug-likeness (QED) is 0.557. The van der Waals surface area contributed by atoms with E-state index < -0.39 is 11.9 Å². The summed E-state index contributed by atoms with van der Waals surface area (Å²) in [5.74, 6) is -0.662. The highest BCUT2D eigenvalue weighted by molar-refractivity contribution is 5.24. The molecule has 1 fully saturated rings. The summed E-state index contributed by atoms with van der Waals surface area (Å²) in [5, 5.41) is 18.5. The number of ether oxygens (including phenoxy) is 2. The Morgan fingerprint density at radius 3 is 2.77 bits per heavy atom. The minimum absolute atomic E-state index is 0.0856. The smallest absolute Gasteiger partial charge is 0.164 e. The van der Waals surface area contributed by atoms with Gasteiger partial charge in [-0.25, -0.2) is 0 Å². The number of hydrogen-bond acceptors (Lipinski definition) is 4. The van der Waals surface area contributed by atoms with E-state index in [0.29, 0.717) is 5.57 Å². The number of aliphatic hydroxyl groups is 2. The van der Waals surface area contributed by atoms with Gasteiger partial charge in [0.25, 0.3) is 0 Å². The zero-order chi connectivity index (χ0) is 9.64. The Bertz CT molecular complexity index is 246. The van der Waals surface area contributed by atoms with Crippen molar-refractivity contribution < 1.29 is 19.7 Å². The van der Waals surface area contributed by atoms with E-state index in [1.54, 1.807) is 19.9 Å². The van der Waals surface area contributed by atoms with Gasteiger partial charge in [0.05, 0.1) is 6.61 Å². The van der Waals surface area contributed by atoms with Gasteiger partial charge in [-0.2, -0.15) is 0 Å². The van der Waals surface area contributed by atoms with Gasteiger partial charge < -0.3 is 19.7 Å². The van der Waals surface area contributed by atoms with Crippen LogP contribution in [0, 0.1) is 0 Å². The lowest BCUT2D eigenvalue weighted by atomic mass is 10.1. The molecular formula is C9H14O4. The maximum atomic E-state index is 9.54. The molecule has 0 unspecified atom stereocenters.